The van der Waals surface area contributed by atoms with E-state index in [0.717, 1.165) is 12.1 Å². The molecule has 0 spiro atoms. The predicted octanol–water partition coefficient (Wildman–Crippen LogP) is 2.64. The van der Waals surface area contributed by atoms with E-state index in [4.69, 9.17) is 0 Å². The van der Waals surface area contributed by atoms with Crippen molar-refractivity contribution in [2.75, 3.05) is 20.1 Å². The summed E-state index contributed by atoms with van der Waals surface area (Å²) < 4.78 is 0. The van der Waals surface area contributed by atoms with Crippen LogP contribution in [0.15, 0.2) is 0 Å². The van der Waals surface area contributed by atoms with Gasteiger partial charge < -0.3 is 10.2 Å². The average molecular weight is 212 g/mol. The van der Waals surface area contributed by atoms with Crippen LogP contribution < -0.4 is 5.32 Å². The van der Waals surface area contributed by atoms with Crippen LogP contribution in [0.2, 0.25) is 0 Å². The van der Waals surface area contributed by atoms with E-state index in [1.165, 1.54) is 51.6 Å². The van der Waals surface area contributed by atoms with Crippen LogP contribution in [0.25, 0.3) is 0 Å². The largest absolute Gasteiger partial charge is 0.317 e. The number of nitrogens with one attached hydrogen (secondary N) is 1. The summed E-state index contributed by atoms with van der Waals surface area (Å²) >= 11 is 0. The van der Waals surface area contributed by atoms with Gasteiger partial charge in [0.1, 0.15) is 0 Å². The molecule has 2 heteroatoms. The number of hydrogen-bond acceptors (Lipinski definition) is 2. The molecule has 0 aromatic heterocycles. The maximum absolute atomic E-state index is 3.44. The molecule has 2 nitrogen and oxygen atoms in total. The van der Waals surface area contributed by atoms with Crippen molar-refractivity contribution in [3.05, 3.63) is 0 Å². The third kappa shape index (κ3) is 4.12. The Morgan fingerprint density at radius 2 is 2.07 bits per heavy atom. The van der Waals surface area contributed by atoms with Gasteiger partial charge in [-0.2, -0.15) is 0 Å². The second-order valence-electron chi connectivity index (χ2n) is 4.79. The normalized spacial score (nSPS) is 27.2. The zero-order valence-corrected chi connectivity index (χ0v) is 10.8. The molecule has 0 radical (unpaired) electrons. The molecule has 0 saturated heterocycles. The average Bonchev–Trinajstić information content (AvgIpc) is 2.30. The molecule has 0 heterocycles. The van der Waals surface area contributed by atoms with Gasteiger partial charge in [0.25, 0.3) is 0 Å². The first kappa shape index (κ1) is 13.0. The van der Waals surface area contributed by atoms with Crippen molar-refractivity contribution in [1.82, 2.24) is 10.2 Å². The molecule has 1 saturated carbocycles. The van der Waals surface area contributed by atoms with E-state index in [0.29, 0.717) is 0 Å². The lowest BCUT2D eigenvalue weighted by Gasteiger charge is -2.37. The van der Waals surface area contributed by atoms with E-state index in [2.05, 4.69) is 31.1 Å². The van der Waals surface area contributed by atoms with Crippen molar-refractivity contribution in [3.8, 4) is 0 Å². The third-order valence-electron chi connectivity index (χ3n) is 3.78. The van der Waals surface area contributed by atoms with Gasteiger partial charge in [0.2, 0.25) is 0 Å². The highest BCUT2D eigenvalue weighted by atomic mass is 15.2. The summed E-state index contributed by atoms with van der Waals surface area (Å²) in [5, 5.41) is 3.44. The molecular formula is C13H28N2. The molecule has 1 aliphatic rings. The Morgan fingerprint density at radius 1 is 1.27 bits per heavy atom. The van der Waals surface area contributed by atoms with Crippen molar-refractivity contribution < 1.29 is 0 Å². The molecule has 0 bridgehead atoms. The van der Waals surface area contributed by atoms with Crippen LogP contribution in [0, 0.1) is 0 Å². The van der Waals surface area contributed by atoms with Crippen molar-refractivity contribution >= 4 is 0 Å². The predicted molar refractivity (Wildman–Crippen MR) is 67.3 cm³/mol. The van der Waals surface area contributed by atoms with Crippen molar-refractivity contribution in [2.45, 2.75) is 64.5 Å². The molecule has 0 aromatic carbocycles. The van der Waals surface area contributed by atoms with Crippen molar-refractivity contribution in [1.29, 1.82) is 0 Å². The van der Waals surface area contributed by atoms with E-state index in [1.807, 2.05) is 0 Å². The SMILES string of the molecule is CCCCN(CC)C1CCCC(NC)C1. The molecule has 15 heavy (non-hydrogen) atoms. The molecule has 1 N–H and O–H groups in total. The lowest BCUT2D eigenvalue weighted by atomic mass is 9.90. The highest BCUT2D eigenvalue weighted by Gasteiger charge is 2.24. The third-order valence-corrected chi connectivity index (χ3v) is 3.78. The monoisotopic (exact) mass is 212 g/mol. The van der Waals surface area contributed by atoms with E-state index in [1.54, 1.807) is 0 Å². The van der Waals surface area contributed by atoms with Crippen LogP contribution in [0.5, 0.6) is 0 Å². The van der Waals surface area contributed by atoms with Crippen LogP contribution >= 0.6 is 0 Å². The highest BCUT2D eigenvalue weighted by molar-refractivity contribution is 4.82. The fraction of sp³-hybridized carbons (Fsp3) is 1.00. The van der Waals surface area contributed by atoms with Crippen LogP contribution in [-0.4, -0.2) is 37.1 Å². The Kier molecular flexibility index (Phi) is 6.26. The first-order valence-corrected chi connectivity index (χ1v) is 6.73. The molecule has 0 aliphatic heterocycles. The number of unbranched alkanes of at least 4 members (excludes halogenated alkanes) is 1. The zero-order valence-electron chi connectivity index (χ0n) is 10.8. The molecule has 2 atom stereocenters. The second-order valence-corrected chi connectivity index (χ2v) is 4.79. The number of nitrogens with zero attached hydrogens (tertiary/aromatic N) is 1. The molecule has 0 amide bonds. The summed E-state index contributed by atoms with van der Waals surface area (Å²) in [7, 11) is 2.11. The van der Waals surface area contributed by atoms with Crippen molar-refractivity contribution in [2.24, 2.45) is 0 Å². The standard InChI is InChI=1S/C13H28N2/c1-4-6-10-15(5-2)13-9-7-8-12(11-13)14-3/h12-14H,4-11H2,1-3H3. The summed E-state index contributed by atoms with van der Waals surface area (Å²) in [6.07, 6.45) is 8.22. The molecule has 2 unspecified atom stereocenters. The molecular weight excluding hydrogens is 184 g/mol. The van der Waals surface area contributed by atoms with Gasteiger partial charge in [0, 0.05) is 12.1 Å². The molecule has 90 valence electrons. The minimum Gasteiger partial charge on any atom is -0.317 e. The van der Waals surface area contributed by atoms with Gasteiger partial charge in [0.05, 0.1) is 0 Å². The van der Waals surface area contributed by atoms with Crippen LogP contribution in [0.3, 0.4) is 0 Å². The lowest BCUT2D eigenvalue weighted by Crippen LogP contribution is -2.43. The smallest absolute Gasteiger partial charge is 0.0110 e. The van der Waals surface area contributed by atoms with Gasteiger partial charge in [0.15, 0.2) is 0 Å². The first-order chi connectivity index (χ1) is 7.31. The molecule has 1 fully saturated rings. The minimum atomic E-state index is 0.763. The summed E-state index contributed by atoms with van der Waals surface area (Å²) in [4.78, 5) is 2.69. The molecule has 1 rings (SSSR count). The topological polar surface area (TPSA) is 15.3 Å². The molecule has 1 aliphatic carbocycles. The van der Waals surface area contributed by atoms with Gasteiger partial charge in [-0.15, -0.1) is 0 Å². The van der Waals surface area contributed by atoms with Crippen LogP contribution in [-0.2, 0) is 0 Å². The fourth-order valence-electron chi connectivity index (χ4n) is 2.72. The van der Waals surface area contributed by atoms with E-state index < -0.39 is 0 Å². The Morgan fingerprint density at radius 3 is 2.67 bits per heavy atom. The number of hydrogen-bond donors (Lipinski definition) is 1. The van der Waals surface area contributed by atoms with Gasteiger partial charge in [-0.3, -0.25) is 0 Å². The van der Waals surface area contributed by atoms with Crippen molar-refractivity contribution in [3.63, 3.8) is 0 Å². The maximum Gasteiger partial charge on any atom is 0.0110 e. The Hall–Kier alpha value is -0.0800. The van der Waals surface area contributed by atoms with E-state index in [-0.39, 0.29) is 0 Å². The van der Waals surface area contributed by atoms with Gasteiger partial charge in [-0.05, 0) is 45.8 Å². The maximum atomic E-state index is 3.44. The fourth-order valence-corrected chi connectivity index (χ4v) is 2.72. The van der Waals surface area contributed by atoms with Gasteiger partial charge >= 0.3 is 0 Å². The quantitative estimate of drug-likeness (QED) is 0.728. The van der Waals surface area contributed by atoms with E-state index >= 15 is 0 Å². The summed E-state index contributed by atoms with van der Waals surface area (Å²) in [5.41, 5.74) is 0. The number of rotatable bonds is 6. The van der Waals surface area contributed by atoms with Gasteiger partial charge in [-0.25, -0.2) is 0 Å². The highest BCUT2D eigenvalue weighted by Crippen LogP contribution is 2.23. The van der Waals surface area contributed by atoms with Gasteiger partial charge in [-0.1, -0.05) is 26.7 Å². The second kappa shape index (κ2) is 7.24. The van der Waals surface area contributed by atoms with Crippen LogP contribution in [0.1, 0.15) is 52.4 Å². The Balaban J connectivity index is 2.37. The molecule has 0 aromatic rings. The summed E-state index contributed by atoms with van der Waals surface area (Å²) in [5.74, 6) is 0. The Bertz CT molecular complexity index is 159. The summed E-state index contributed by atoms with van der Waals surface area (Å²) in [6.45, 7) is 7.11. The lowest BCUT2D eigenvalue weighted by molar-refractivity contribution is 0.146. The zero-order chi connectivity index (χ0) is 11.1. The van der Waals surface area contributed by atoms with E-state index in [9.17, 15) is 0 Å². The minimum absolute atomic E-state index is 0.763. The van der Waals surface area contributed by atoms with Crippen LogP contribution in [0.4, 0.5) is 0 Å². The first-order valence-electron chi connectivity index (χ1n) is 6.73. The summed E-state index contributed by atoms with van der Waals surface area (Å²) in [6, 6.07) is 1.60. The Labute approximate surface area is 95.4 Å².